The third-order valence-electron chi connectivity index (χ3n) is 2.08. The number of carbonyl (C=O) groups excluding carboxylic acids is 1. The van der Waals surface area contributed by atoms with Crippen molar-refractivity contribution < 1.29 is 14.3 Å². The van der Waals surface area contributed by atoms with Gasteiger partial charge in [-0.15, -0.1) is 0 Å². The lowest BCUT2D eigenvalue weighted by Gasteiger charge is -2.01. The van der Waals surface area contributed by atoms with E-state index in [4.69, 9.17) is 0 Å². The van der Waals surface area contributed by atoms with E-state index in [0.717, 1.165) is 11.7 Å². The second-order valence-corrected chi connectivity index (χ2v) is 2.93. The van der Waals surface area contributed by atoms with Gasteiger partial charge >= 0.3 is 0 Å². The first kappa shape index (κ1) is 8.69. The zero-order valence-electron chi connectivity index (χ0n) is 7.24. The fourth-order valence-corrected chi connectivity index (χ4v) is 1.41. The third kappa shape index (κ3) is 1.33. The molecule has 0 bridgehead atoms. The number of rotatable bonds is 2. The van der Waals surface area contributed by atoms with E-state index in [9.17, 15) is 9.32 Å². The van der Waals surface area contributed by atoms with E-state index < -0.39 is 0 Å². The Bertz CT molecular complexity index is 480. The van der Waals surface area contributed by atoms with Gasteiger partial charge in [0, 0.05) is 15.5 Å². The van der Waals surface area contributed by atoms with E-state index in [-0.39, 0.29) is 5.75 Å². The van der Waals surface area contributed by atoms with Crippen molar-refractivity contribution >= 4 is 17.1 Å². The van der Waals surface area contributed by atoms with Crippen LogP contribution < -0.4 is 4.94 Å². The molecule has 0 heterocycles. The molecular weight excluding hydrogens is 183 g/mol. The lowest BCUT2D eigenvalue weighted by molar-refractivity contribution is -0.00423. The molecule has 2 aromatic carbocycles. The monoisotopic (exact) mass is 190 g/mol. The van der Waals surface area contributed by atoms with Crippen LogP contribution in [0.25, 0.3) is 10.8 Å². The van der Waals surface area contributed by atoms with E-state index in [0.29, 0.717) is 10.9 Å². The number of hydrogen-bond donors (Lipinski definition) is 0. The Balaban J connectivity index is 2.73. The lowest BCUT2D eigenvalue weighted by atomic mass is 10.1. The summed E-state index contributed by atoms with van der Waals surface area (Å²) in [6.45, 7) is 0. The highest BCUT2D eigenvalue weighted by molar-refractivity contribution is 5.92. The van der Waals surface area contributed by atoms with Gasteiger partial charge in [-0.05, 0) is 23.6 Å². The summed E-state index contributed by atoms with van der Waals surface area (Å²) in [4.78, 5) is 14.2. The molecule has 0 radical (unpaired) electrons. The maximum Gasteiger partial charge on any atom is 0.179 e. The summed E-state index contributed by atoms with van der Waals surface area (Å²) in [7, 11) is 0. The first-order valence-electron chi connectivity index (χ1n) is 4.11. The Labute approximate surface area is 79.8 Å². The molecule has 0 N–H and O–H groups in total. The summed E-state index contributed by atoms with van der Waals surface area (Å²) < 4.78 is 12.1. The second kappa shape index (κ2) is 3.46. The zero-order valence-corrected chi connectivity index (χ0v) is 7.24. The predicted molar refractivity (Wildman–Crippen MR) is 51.1 cm³/mol. The summed E-state index contributed by atoms with van der Waals surface area (Å²) in [5, 5.41) is 1.44. The quantitative estimate of drug-likeness (QED) is 0.680. The number of benzene rings is 2. The van der Waals surface area contributed by atoms with Crippen LogP contribution in [0.5, 0.6) is 5.75 Å². The number of carbonyl (C=O) groups is 1. The summed E-state index contributed by atoms with van der Waals surface area (Å²) in [5.74, 6) is 0.167. The van der Waals surface area contributed by atoms with Gasteiger partial charge in [0.15, 0.2) is 5.75 Å². The SMILES string of the molecule is O=Cc1ccc2c(OF)cccc2c1. The molecule has 2 nitrogen and oxygen atoms in total. The van der Waals surface area contributed by atoms with E-state index >= 15 is 0 Å². The van der Waals surface area contributed by atoms with E-state index in [1.165, 1.54) is 6.07 Å². The van der Waals surface area contributed by atoms with Crippen LogP contribution in [-0.4, -0.2) is 6.29 Å². The van der Waals surface area contributed by atoms with Crippen molar-refractivity contribution in [2.45, 2.75) is 0 Å². The van der Waals surface area contributed by atoms with E-state index in [1.807, 2.05) is 0 Å². The van der Waals surface area contributed by atoms with Crippen molar-refractivity contribution in [1.82, 2.24) is 0 Å². The van der Waals surface area contributed by atoms with Gasteiger partial charge in [0.05, 0.1) is 0 Å². The normalized spacial score (nSPS) is 10.1. The molecule has 0 unspecified atom stereocenters. The van der Waals surface area contributed by atoms with E-state index in [1.54, 1.807) is 30.3 Å². The molecule has 0 aliphatic carbocycles. The molecule has 0 aliphatic rings. The average Bonchev–Trinajstić information content (AvgIpc) is 2.27. The number of hydrogen-bond acceptors (Lipinski definition) is 2. The number of halogens is 1. The third-order valence-corrected chi connectivity index (χ3v) is 2.08. The highest BCUT2D eigenvalue weighted by atomic mass is 19.3. The smallest absolute Gasteiger partial charge is 0.179 e. The van der Waals surface area contributed by atoms with Crippen LogP contribution in [0.1, 0.15) is 10.4 Å². The summed E-state index contributed by atoms with van der Waals surface area (Å²) in [6.07, 6.45) is 0.752. The molecule has 0 fully saturated rings. The van der Waals surface area contributed by atoms with Crippen LogP contribution in [-0.2, 0) is 0 Å². The fourth-order valence-electron chi connectivity index (χ4n) is 1.41. The Morgan fingerprint density at radius 2 is 2.07 bits per heavy atom. The first-order chi connectivity index (χ1) is 6.85. The van der Waals surface area contributed by atoms with Gasteiger partial charge in [-0.3, -0.25) is 9.74 Å². The minimum atomic E-state index is 0.167. The molecule has 14 heavy (non-hydrogen) atoms. The standard InChI is InChI=1S/C11H7FO2/c12-14-11-3-1-2-9-6-8(7-13)4-5-10(9)11/h1-7H. The molecule has 2 aromatic rings. The van der Waals surface area contributed by atoms with Crippen molar-refractivity contribution in [2.24, 2.45) is 0 Å². The maximum atomic E-state index is 12.1. The Morgan fingerprint density at radius 1 is 1.21 bits per heavy atom. The number of fused-ring (bicyclic) bond motifs is 1. The molecule has 0 saturated carbocycles. The highest BCUT2D eigenvalue weighted by Crippen LogP contribution is 2.26. The minimum absolute atomic E-state index is 0.167. The summed E-state index contributed by atoms with van der Waals surface area (Å²) >= 11 is 0. The highest BCUT2D eigenvalue weighted by Gasteiger charge is 2.02. The zero-order chi connectivity index (χ0) is 9.97. The Hall–Kier alpha value is -1.90. The van der Waals surface area contributed by atoms with Crippen LogP contribution in [0.15, 0.2) is 36.4 Å². The van der Waals surface area contributed by atoms with Crippen molar-refractivity contribution in [2.75, 3.05) is 0 Å². The lowest BCUT2D eigenvalue weighted by Crippen LogP contribution is -1.83. The molecule has 0 aliphatic heterocycles. The summed E-state index contributed by atoms with van der Waals surface area (Å²) in [5.41, 5.74) is 0.563. The Morgan fingerprint density at radius 3 is 2.79 bits per heavy atom. The second-order valence-electron chi connectivity index (χ2n) is 2.93. The minimum Gasteiger partial charge on any atom is -0.298 e. The maximum absolute atomic E-state index is 12.1. The summed E-state index contributed by atoms with van der Waals surface area (Å²) in [6, 6.07) is 9.97. The van der Waals surface area contributed by atoms with Gasteiger partial charge in [-0.1, -0.05) is 18.2 Å². The van der Waals surface area contributed by atoms with Gasteiger partial charge in [0.2, 0.25) is 0 Å². The van der Waals surface area contributed by atoms with Crippen molar-refractivity contribution in [3.63, 3.8) is 0 Å². The fraction of sp³-hybridized carbons (Fsp3) is 0. The molecular formula is C11H7FO2. The molecule has 2 rings (SSSR count). The van der Waals surface area contributed by atoms with Crippen molar-refractivity contribution in [3.8, 4) is 5.75 Å². The van der Waals surface area contributed by atoms with Gasteiger partial charge in [-0.25, -0.2) is 0 Å². The van der Waals surface area contributed by atoms with Gasteiger partial charge < -0.3 is 0 Å². The number of aldehydes is 1. The van der Waals surface area contributed by atoms with Crippen molar-refractivity contribution in [1.29, 1.82) is 0 Å². The van der Waals surface area contributed by atoms with Crippen LogP contribution in [0.2, 0.25) is 0 Å². The topological polar surface area (TPSA) is 26.3 Å². The first-order valence-corrected chi connectivity index (χ1v) is 4.11. The van der Waals surface area contributed by atoms with Crippen LogP contribution in [0, 0.1) is 0 Å². The molecule has 0 saturated heterocycles. The molecule has 3 heteroatoms. The van der Waals surface area contributed by atoms with Crippen LogP contribution >= 0.6 is 0 Å². The molecule has 70 valence electrons. The van der Waals surface area contributed by atoms with Crippen LogP contribution in [0.4, 0.5) is 4.53 Å². The average molecular weight is 190 g/mol. The largest absolute Gasteiger partial charge is 0.298 e. The Kier molecular flexibility index (Phi) is 2.14. The van der Waals surface area contributed by atoms with E-state index in [2.05, 4.69) is 4.94 Å². The molecule has 0 atom stereocenters. The van der Waals surface area contributed by atoms with Crippen molar-refractivity contribution in [3.05, 3.63) is 42.0 Å². The van der Waals surface area contributed by atoms with Gasteiger partial charge in [-0.2, -0.15) is 0 Å². The van der Waals surface area contributed by atoms with Gasteiger partial charge in [0.25, 0.3) is 0 Å². The molecule has 0 aromatic heterocycles. The van der Waals surface area contributed by atoms with Gasteiger partial charge in [0.1, 0.15) is 6.29 Å². The molecule has 0 spiro atoms. The molecule has 0 amide bonds. The van der Waals surface area contributed by atoms with Crippen LogP contribution in [0.3, 0.4) is 0 Å². The predicted octanol–water partition coefficient (Wildman–Crippen LogP) is 2.92.